The molecule has 20 heavy (non-hydrogen) atoms. The van der Waals surface area contributed by atoms with Crippen LogP contribution in [0.25, 0.3) is 11.0 Å². The van der Waals surface area contributed by atoms with E-state index in [1.807, 2.05) is 0 Å². The number of H-pyrrole nitrogens is 1. The van der Waals surface area contributed by atoms with E-state index in [0.29, 0.717) is 12.1 Å². The maximum absolute atomic E-state index is 13.1. The van der Waals surface area contributed by atoms with Crippen LogP contribution < -0.4 is 5.69 Å². The zero-order valence-electron chi connectivity index (χ0n) is 12.2. The Bertz CT molecular complexity index is 613. The lowest BCUT2D eigenvalue weighted by atomic mass is 10.2. The topological polar surface area (TPSA) is 41.0 Å². The van der Waals surface area contributed by atoms with Crippen LogP contribution in [-0.2, 0) is 6.54 Å². The monoisotopic (exact) mass is 279 g/mol. The third-order valence-electron chi connectivity index (χ3n) is 3.74. The molecule has 110 valence electrons. The van der Waals surface area contributed by atoms with Crippen LogP contribution in [0.3, 0.4) is 0 Å². The highest BCUT2D eigenvalue weighted by molar-refractivity contribution is 5.75. The average molecular weight is 279 g/mol. The largest absolute Gasteiger partial charge is 0.326 e. The fourth-order valence-corrected chi connectivity index (χ4v) is 2.50. The summed E-state index contributed by atoms with van der Waals surface area (Å²) in [5.41, 5.74) is 1.19. The third-order valence-corrected chi connectivity index (χ3v) is 3.74. The Morgan fingerprint density at radius 2 is 2.00 bits per heavy atom. The maximum atomic E-state index is 13.1. The number of imidazole rings is 1. The molecule has 0 spiro atoms. The van der Waals surface area contributed by atoms with Crippen molar-refractivity contribution in [2.75, 3.05) is 19.6 Å². The highest BCUT2D eigenvalue weighted by atomic mass is 19.1. The van der Waals surface area contributed by atoms with E-state index in [-0.39, 0.29) is 11.5 Å². The van der Waals surface area contributed by atoms with Gasteiger partial charge in [0.05, 0.1) is 11.0 Å². The molecular weight excluding hydrogens is 257 g/mol. The first kappa shape index (κ1) is 14.8. The van der Waals surface area contributed by atoms with Gasteiger partial charge in [0.1, 0.15) is 5.82 Å². The summed E-state index contributed by atoms with van der Waals surface area (Å²) in [7, 11) is 0. The van der Waals surface area contributed by atoms with E-state index in [2.05, 4.69) is 23.7 Å². The van der Waals surface area contributed by atoms with Crippen LogP contribution in [0.5, 0.6) is 0 Å². The average Bonchev–Trinajstić information content (AvgIpc) is 2.74. The molecule has 0 radical (unpaired) electrons. The molecule has 0 saturated heterocycles. The Hall–Kier alpha value is -1.62. The van der Waals surface area contributed by atoms with Crippen molar-refractivity contribution in [2.24, 2.45) is 0 Å². The molecule has 0 aliphatic rings. The predicted molar refractivity (Wildman–Crippen MR) is 79.5 cm³/mol. The molecule has 1 aromatic carbocycles. The van der Waals surface area contributed by atoms with Crippen molar-refractivity contribution in [1.82, 2.24) is 14.5 Å². The number of benzene rings is 1. The summed E-state index contributed by atoms with van der Waals surface area (Å²) in [4.78, 5) is 16.9. The zero-order chi connectivity index (χ0) is 14.5. The van der Waals surface area contributed by atoms with Gasteiger partial charge in [0.15, 0.2) is 0 Å². The van der Waals surface area contributed by atoms with E-state index in [1.54, 1.807) is 10.6 Å². The molecule has 4 nitrogen and oxygen atoms in total. The second-order valence-corrected chi connectivity index (χ2v) is 4.98. The van der Waals surface area contributed by atoms with E-state index in [4.69, 9.17) is 0 Å². The van der Waals surface area contributed by atoms with Gasteiger partial charge in [-0.05, 0) is 50.7 Å². The van der Waals surface area contributed by atoms with E-state index in [1.165, 1.54) is 12.1 Å². The number of aryl methyl sites for hydroxylation is 1. The number of halogens is 1. The lowest BCUT2D eigenvalue weighted by molar-refractivity contribution is 0.294. The van der Waals surface area contributed by atoms with E-state index < -0.39 is 0 Å². The van der Waals surface area contributed by atoms with E-state index in [0.717, 1.165) is 38.0 Å². The standard InChI is InChI=1S/C15H22FN3O/c1-3-18(4-2)9-5-6-10-19-14-8-7-12(16)11-13(14)17-15(19)20/h7-8,11H,3-6,9-10H2,1-2H3,(H,17,20). The molecule has 0 unspecified atom stereocenters. The number of aromatic amines is 1. The van der Waals surface area contributed by atoms with Crippen LogP contribution in [0.1, 0.15) is 26.7 Å². The summed E-state index contributed by atoms with van der Waals surface area (Å²) in [5.74, 6) is -0.326. The fraction of sp³-hybridized carbons (Fsp3) is 0.533. The maximum Gasteiger partial charge on any atom is 0.326 e. The molecule has 2 aromatic rings. The number of unbranched alkanes of at least 4 members (excludes halogenated alkanes) is 1. The second kappa shape index (κ2) is 6.70. The van der Waals surface area contributed by atoms with Crippen LogP contribution in [0.2, 0.25) is 0 Å². The van der Waals surface area contributed by atoms with Gasteiger partial charge in [-0.25, -0.2) is 9.18 Å². The fourth-order valence-electron chi connectivity index (χ4n) is 2.50. The second-order valence-electron chi connectivity index (χ2n) is 4.98. The minimum Gasteiger partial charge on any atom is -0.305 e. The van der Waals surface area contributed by atoms with Crippen molar-refractivity contribution < 1.29 is 4.39 Å². The van der Waals surface area contributed by atoms with Crippen molar-refractivity contribution in [2.45, 2.75) is 33.2 Å². The van der Waals surface area contributed by atoms with E-state index in [9.17, 15) is 9.18 Å². The Morgan fingerprint density at radius 1 is 1.25 bits per heavy atom. The van der Waals surface area contributed by atoms with Gasteiger partial charge in [-0.1, -0.05) is 13.8 Å². The molecule has 0 atom stereocenters. The molecule has 0 aliphatic carbocycles. The first-order valence-corrected chi connectivity index (χ1v) is 7.26. The molecule has 1 aromatic heterocycles. The lowest BCUT2D eigenvalue weighted by Gasteiger charge is -2.17. The summed E-state index contributed by atoms with van der Waals surface area (Å²) >= 11 is 0. The molecule has 1 heterocycles. The summed E-state index contributed by atoms with van der Waals surface area (Å²) in [6.45, 7) is 8.15. The van der Waals surface area contributed by atoms with Gasteiger partial charge in [0, 0.05) is 6.54 Å². The van der Waals surface area contributed by atoms with Gasteiger partial charge >= 0.3 is 5.69 Å². The molecule has 0 amide bonds. The van der Waals surface area contributed by atoms with Crippen LogP contribution in [-0.4, -0.2) is 34.1 Å². The first-order valence-electron chi connectivity index (χ1n) is 7.26. The smallest absolute Gasteiger partial charge is 0.305 e. The first-order chi connectivity index (χ1) is 9.65. The van der Waals surface area contributed by atoms with Gasteiger partial charge in [-0.15, -0.1) is 0 Å². The Morgan fingerprint density at radius 3 is 2.70 bits per heavy atom. The third kappa shape index (κ3) is 3.28. The van der Waals surface area contributed by atoms with E-state index >= 15 is 0 Å². The molecule has 0 bridgehead atoms. The lowest BCUT2D eigenvalue weighted by Crippen LogP contribution is -2.24. The van der Waals surface area contributed by atoms with Gasteiger partial charge in [0.2, 0.25) is 0 Å². The molecule has 0 fully saturated rings. The van der Waals surface area contributed by atoms with Gasteiger partial charge in [-0.3, -0.25) is 4.57 Å². The van der Waals surface area contributed by atoms with Crippen molar-refractivity contribution in [3.05, 3.63) is 34.5 Å². The Kier molecular flexibility index (Phi) is 4.95. The number of fused-ring (bicyclic) bond motifs is 1. The predicted octanol–water partition coefficient (Wildman–Crippen LogP) is 2.59. The number of hydrogen-bond donors (Lipinski definition) is 1. The normalized spacial score (nSPS) is 11.6. The number of nitrogens with zero attached hydrogens (tertiary/aromatic N) is 2. The summed E-state index contributed by atoms with van der Waals surface area (Å²) in [5, 5.41) is 0. The number of aromatic nitrogens is 2. The summed E-state index contributed by atoms with van der Waals surface area (Å²) in [6.07, 6.45) is 2.00. The molecule has 0 aliphatic heterocycles. The minimum atomic E-state index is -0.326. The van der Waals surface area contributed by atoms with Crippen LogP contribution in [0.15, 0.2) is 23.0 Å². The van der Waals surface area contributed by atoms with Gasteiger partial charge < -0.3 is 9.88 Å². The Balaban J connectivity index is 2.00. The number of nitrogens with one attached hydrogen (secondary N) is 1. The molecule has 0 saturated carbocycles. The van der Waals surface area contributed by atoms with Crippen molar-refractivity contribution in [3.8, 4) is 0 Å². The number of rotatable bonds is 7. The highest BCUT2D eigenvalue weighted by Gasteiger charge is 2.07. The molecule has 5 heteroatoms. The van der Waals surface area contributed by atoms with Crippen molar-refractivity contribution >= 4 is 11.0 Å². The number of hydrogen-bond acceptors (Lipinski definition) is 2. The highest BCUT2D eigenvalue weighted by Crippen LogP contribution is 2.12. The molecule has 1 N–H and O–H groups in total. The zero-order valence-corrected chi connectivity index (χ0v) is 12.2. The van der Waals surface area contributed by atoms with Crippen LogP contribution >= 0.6 is 0 Å². The van der Waals surface area contributed by atoms with Crippen molar-refractivity contribution in [3.63, 3.8) is 0 Å². The Labute approximate surface area is 118 Å². The SMILES string of the molecule is CCN(CC)CCCCn1c(=O)[nH]c2cc(F)ccc21. The van der Waals surface area contributed by atoms with Crippen molar-refractivity contribution in [1.29, 1.82) is 0 Å². The van der Waals surface area contributed by atoms with Crippen LogP contribution in [0, 0.1) is 5.82 Å². The minimum absolute atomic E-state index is 0.159. The molecule has 2 rings (SSSR count). The molecular formula is C15H22FN3O. The van der Waals surface area contributed by atoms with Crippen LogP contribution in [0.4, 0.5) is 4.39 Å². The van der Waals surface area contributed by atoms with Gasteiger partial charge in [0.25, 0.3) is 0 Å². The quantitative estimate of drug-likeness (QED) is 0.791. The summed E-state index contributed by atoms with van der Waals surface area (Å²) < 4.78 is 14.8. The summed E-state index contributed by atoms with van der Waals surface area (Å²) in [6, 6.07) is 4.41. The van der Waals surface area contributed by atoms with Gasteiger partial charge in [-0.2, -0.15) is 0 Å².